The van der Waals surface area contributed by atoms with E-state index in [1.165, 1.54) is 5.56 Å². The fourth-order valence-corrected chi connectivity index (χ4v) is 2.39. The van der Waals surface area contributed by atoms with Crippen molar-refractivity contribution in [1.82, 2.24) is 5.32 Å². The molecule has 0 heterocycles. The van der Waals surface area contributed by atoms with Crippen molar-refractivity contribution in [2.45, 2.75) is 19.8 Å². The summed E-state index contributed by atoms with van der Waals surface area (Å²) in [6.45, 7) is 4.18. The SMILES string of the molecule is CCCNCCc1ccc(OC)c(Br)c1OC. The lowest BCUT2D eigenvalue weighted by Crippen LogP contribution is -2.18. The van der Waals surface area contributed by atoms with Crippen molar-refractivity contribution >= 4 is 15.9 Å². The molecule has 0 bridgehead atoms. The maximum absolute atomic E-state index is 5.42. The molecule has 1 aromatic carbocycles. The monoisotopic (exact) mass is 301 g/mol. The van der Waals surface area contributed by atoms with Crippen molar-refractivity contribution in [3.05, 3.63) is 22.2 Å². The van der Waals surface area contributed by atoms with Crippen molar-refractivity contribution in [3.8, 4) is 11.5 Å². The molecule has 1 rings (SSSR count). The third-order valence-electron chi connectivity index (χ3n) is 2.57. The van der Waals surface area contributed by atoms with E-state index in [0.29, 0.717) is 0 Å². The molecule has 4 heteroatoms. The second kappa shape index (κ2) is 7.56. The molecule has 0 aliphatic carbocycles. The predicted octanol–water partition coefficient (Wildman–Crippen LogP) is 3.01. The van der Waals surface area contributed by atoms with E-state index >= 15 is 0 Å². The van der Waals surface area contributed by atoms with E-state index in [4.69, 9.17) is 9.47 Å². The summed E-state index contributed by atoms with van der Waals surface area (Å²) in [5.74, 6) is 1.66. The van der Waals surface area contributed by atoms with Gasteiger partial charge >= 0.3 is 0 Å². The summed E-state index contributed by atoms with van der Waals surface area (Å²) < 4.78 is 11.5. The number of halogens is 1. The van der Waals surface area contributed by atoms with Crippen molar-refractivity contribution in [2.75, 3.05) is 27.3 Å². The van der Waals surface area contributed by atoms with Crippen LogP contribution in [0.15, 0.2) is 16.6 Å². The number of ether oxygens (including phenoxy) is 2. The number of hydrogen-bond donors (Lipinski definition) is 1. The van der Waals surface area contributed by atoms with Gasteiger partial charge in [0.25, 0.3) is 0 Å². The van der Waals surface area contributed by atoms with E-state index in [1.54, 1.807) is 14.2 Å². The standard InChI is InChI=1S/C13H20BrNO2/c1-4-8-15-9-7-10-5-6-11(16-2)12(14)13(10)17-3/h5-6,15H,4,7-9H2,1-3H3. The molecule has 0 unspecified atom stereocenters. The van der Waals surface area contributed by atoms with Crippen LogP contribution in [-0.2, 0) is 6.42 Å². The molecule has 0 aliphatic rings. The van der Waals surface area contributed by atoms with Gasteiger partial charge in [0.2, 0.25) is 0 Å². The second-order valence-corrected chi connectivity index (χ2v) is 4.57. The van der Waals surface area contributed by atoms with Gasteiger partial charge in [-0.15, -0.1) is 0 Å². The van der Waals surface area contributed by atoms with Crippen LogP contribution in [-0.4, -0.2) is 27.3 Å². The van der Waals surface area contributed by atoms with Crippen LogP contribution in [0.2, 0.25) is 0 Å². The third-order valence-corrected chi connectivity index (χ3v) is 3.32. The molecule has 0 amide bonds. The van der Waals surface area contributed by atoms with Gasteiger partial charge in [-0.05, 0) is 53.5 Å². The molecule has 0 saturated heterocycles. The highest BCUT2D eigenvalue weighted by atomic mass is 79.9. The summed E-state index contributed by atoms with van der Waals surface area (Å²) >= 11 is 3.50. The Morgan fingerprint density at radius 1 is 1.18 bits per heavy atom. The van der Waals surface area contributed by atoms with Crippen molar-refractivity contribution in [3.63, 3.8) is 0 Å². The number of methoxy groups -OCH3 is 2. The lowest BCUT2D eigenvalue weighted by molar-refractivity contribution is 0.386. The Kier molecular flexibility index (Phi) is 6.37. The van der Waals surface area contributed by atoms with E-state index < -0.39 is 0 Å². The highest BCUT2D eigenvalue weighted by molar-refractivity contribution is 9.10. The fourth-order valence-electron chi connectivity index (χ4n) is 1.68. The van der Waals surface area contributed by atoms with Gasteiger partial charge in [0.1, 0.15) is 16.0 Å². The molecule has 0 spiro atoms. The average Bonchev–Trinajstić information content (AvgIpc) is 2.35. The fraction of sp³-hybridized carbons (Fsp3) is 0.538. The second-order valence-electron chi connectivity index (χ2n) is 3.77. The smallest absolute Gasteiger partial charge is 0.140 e. The van der Waals surface area contributed by atoms with Crippen LogP contribution in [0.25, 0.3) is 0 Å². The first-order valence-electron chi connectivity index (χ1n) is 5.84. The Morgan fingerprint density at radius 2 is 1.94 bits per heavy atom. The molecule has 0 aromatic heterocycles. The van der Waals surface area contributed by atoms with E-state index in [1.807, 2.05) is 6.07 Å². The Balaban J connectivity index is 2.74. The van der Waals surface area contributed by atoms with Crippen LogP contribution < -0.4 is 14.8 Å². The van der Waals surface area contributed by atoms with Gasteiger partial charge in [-0.3, -0.25) is 0 Å². The first-order chi connectivity index (χ1) is 8.24. The third kappa shape index (κ3) is 3.89. The molecular formula is C13H20BrNO2. The van der Waals surface area contributed by atoms with Gasteiger partial charge in [-0.2, -0.15) is 0 Å². The molecule has 0 radical (unpaired) electrons. The van der Waals surface area contributed by atoms with Gasteiger partial charge < -0.3 is 14.8 Å². The lowest BCUT2D eigenvalue weighted by Gasteiger charge is -2.13. The van der Waals surface area contributed by atoms with Crippen LogP contribution in [0.4, 0.5) is 0 Å². The van der Waals surface area contributed by atoms with Gasteiger partial charge in [-0.25, -0.2) is 0 Å². The highest BCUT2D eigenvalue weighted by Gasteiger charge is 2.11. The zero-order valence-electron chi connectivity index (χ0n) is 10.7. The molecule has 3 nitrogen and oxygen atoms in total. The van der Waals surface area contributed by atoms with Crippen molar-refractivity contribution in [1.29, 1.82) is 0 Å². The van der Waals surface area contributed by atoms with Gasteiger partial charge in [0.15, 0.2) is 0 Å². The topological polar surface area (TPSA) is 30.5 Å². The quantitative estimate of drug-likeness (QED) is 0.785. The first kappa shape index (κ1) is 14.3. The van der Waals surface area contributed by atoms with Gasteiger partial charge in [0.05, 0.1) is 14.2 Å². The molecule has 0 atom stereocenters. The molecule has 96 valence electrons. The van der Waals surface area contributed by atoms with Crippen LogP contribution in [0.5, 0.6) is 11.5 Å². The zero-order chi connectivity index (χ0) is 12.7. The molecule has 1 N–H and O–H groups in total. The first-order valence-corrected chi connectivity index (χ1v) is 6.64. The lowest BCUT2D eigenvalue weighted by atomic mass is 10.1. The minimum absolute atomic E-state index is 0.798. The Labute approximate surface area is 112 Å². The molecule has 0 saturated carbocycles. The summed E-state index contributed by atoms with van der Waals surface area (Å²) in [5.41, 5.74) is 1.18. The molecule has 0 aliphatic heterocycles. The molecular weight excluding hydrogens is 282 g/mol. The largest absolute Gasteiger partial charge is 0.495 e. The normalized spacial score (nSPS) is 10.4. The van der Waals surface area contributed by atoms with E-state index in [-0.39, 0.29) is 0 Å². The van der Waals surface area contributed by atoms with Crippen LogP contribution in [0.1, 0.15) is 18.9 Å². The zero-order valence-corrected chi connectivity index (χ0v) is 12.3. The summed E-state index contributed by atoms with van der Waals surface area (Å²) in [4.78, 5) is 0. The maximum Gasteiger partial charge on any atom is 0.140 e. The van der Waals surface area contributed by atoms with Crippen LogP contribution >= 0.6 is 15.9 Å². The number of nitrogens with one attached hydrogen (secondary N) is 1. The van der Waals surface area contributed by atoms with E-state index in [0.717, 1.165) is 41.9 Å². The Hall–Kier alpha value is -0.740. The van der Waals surface area contributed by atoms with Crippen molar-refractivity contribution in [2.24, 2.45) is 0 Å². The minimum Gasteiger partial charge on any atom is -0.495 e. The van der Waals surface area contributed by atoms with Crippen LogP contribution in [0, 0.1) is 0 Å². The Bertz CT molecular complexity index is 356. The van der Waals surface area contributed by atoms with E-state index in [2.05, 4.69) is 34.2 Å². The van der Waals surface area contributed by atoms with Gasteiger partial charge in [-0.1, -0.05) is 13.0 Å². The van der Waals surface area contributed by atoms with E-state index in [9.17, 15) is 0 Å². The number of benzene rings is 1. The average molecular weight is 302 g/mol. The van der Waals surface area contributed by atoms with Gasteiger partial charge in [0, 0.05) is 0 Å². The highest BCUT2D eigenvalue weighted by Crippen LogP contribution is 2.37. The number of rotatable bonds is 7. The van der Waals surface area contributed by atoms with Crippen LogP contribution in [0.3, 0.4) is 0 Å². The molecule has 1 aromatic rings. The Morgan fingerprint density at radius 3 is 2.53 bits per heavy atom. The predicted molar refractivity (Wildman–Crippen MR) is 74.1 cm³/mol. The molecule has 0 fully saturated rings. The number of hydrogen-bond acceptors (Lipinski definition) is 3. The molecule has 17 heavy (non-hydrogen) atoms. The summed E-state index contributed by atoms with van der Waals surface area (Å²) in [6.07, 6.45) is 2.11. The maximum atomic E-state index is 5.42. The summed E-state index contributed by atoms with van der Waals surface area (Å²) in [7, 11) is 3.34. The summed E-state index contributed by atoms with van der Waals surface area (Å²) in [5, 5.41) is 3.38. The minimum atomic E-state index is 0.798. The summed E-state index contributed by atoms with van der Waals surface area (Å²) in [6, 6.07) is 4.01. The van der Waals surface area contributed by atoms with Crippen molar-refractivity contribution < 1.29 is 9.47 Å².